The van der Waals surface area contributed by atoms with Crippen molar-refractivity contribution in [1.29, 1.82) is 0 Å². The van der Waals surface area contributed by atoms with E-state index < -0.39 is 0 Å². The van der Waals surface area contributed by atoms with Gasteiger partial charge in [-0.3, -0.25) is 0 Å². The maximum Gasteiger partial charge on any atom is 0.143 e. The van der Waals surface area contributed by atoms with E-state index in [4.69, 9.17) is 11.6 Å². The number of hydrogen-bond donors (Lipinski definition) is 0. The largest absolute Gasteiger partial charge is 0.233 e. The van der Waals surface area contributed by atoms with Crippen molar-refractivity contribution in [1.82, 2.24) is 4.98 Å². The lowest BCUT2D eigenvalue weighted by atomic mass is 10.6. The van der Waals surface area contributed by atoms with E-state index in [9.17, 15) is 0 Å². The van der Waals surface area contributed by atoms with Crippen LogP contribution in [-0.2, 0) is 0 Å². The van der Waals surface area contributed by atoms with E-state index in [1.807, 2.05) is 0 Å². The van der Waals surface area contributed by atoms with Gasteiger partial charge in [0.15, 0.2) is 0 Å². The van der Waals surface area contributed by atoms with E-state index in [0.717, 1.165) is 4.88 Å². The van der Waals surface area contributed by atoms with Gasteiger partial charge in [-0.1, -0.05) is 11.6 Å². The summed E-state index contributed by atoms with van der Waals surface area (Å²) in [5, 5.41) is 0.519. The molecule has 0 fully saturated rings. The fourth-order valence-electron chi connectivity index (χ4n) is 0.257. The van der Waals surface area contributed by atoms with Crippen molar-refractivity contribution in [2.75, 3.05) is 0 Å². The summed E-state index contributed by atoms with van der Waals surface area (Å²) >= 11 is 6.91. The van der Waals surface area contributed by atoms with Crippen LogP contribution in [-0.4, -0.2) is 4.98 Å². The molecule has 0 aliphatic carbocycles. The third kappa shape index (κ3) is 0.924. The van der Waals surface area contributed by atoms with Gasteiger partial charge in [-0.2, -0.15) is 0 Å². The zero-order valence-electron chi connectivity index (χ0n) is 3.52. The molecule has 1 aromatic heterocycles. The van der Waals surface area contributed by atoms with Gasteiger partial charge in [0.25, 0.3) is 0 Å². The first-order valence-corrected chi connectivity index (χ1v) is 2.97. The Labute approximate surface area is 51.0 Å². The van der Waals surface area contributed by atoms with Crippen molar-refractivity contribution in [3.05, 3.63) is 22.5 Å². The Morgan fingerprint density at radius 1 is 1.86 bits per heavy atom. The minimum absolute atomic E-state index is 0.519. The molecule has 0 saturated carbocycles. The van der Waals surface area contributed by atoms with E-state index in [2.05, 4.69) is 11.9 Å². The van der Waals surface area contributed by atoms with E-state index >= 15 is 0 Å². The Bertz CT molecular complexity index is 144. The lowest BCUT2D eigenvalue weighted by molar-refractivity contribution is 1.41. The maximum atomic E-state index is 5.46. The van der Waals surface area contributed by atoms with Gasteiger partial charge >= 0.3 is 0 Å². The van der Waals surface area contributed by atoms with Crippen molar-refractivity contribution in [3.8, 4) is 0 Å². The van der Waals surface area contributed by atoms with Gasteiger partial charge < -0.3 is 0 Å². The number of thiazole rings is 1. The molecule has 7 heavy (non-hydrogen) atoms. The van der Waals surface area contributed by atoms with Gasteiger partial charge in [0.1, 0.15) is 5.15 Å². The molecule has 0 atom stereocenters. The molecule has 0 N–H and O–H groups in total. The molecule has 37 valence electrons. The lowest BCUT2D eigenvalue weighted by Gasteiger charge is -1.74. The quantitative estimate of drug-likeness (QED) is 0.526. The summed E-state index contributed by atoms with van der Waals surface area (Å²) < 4.78 is 0. The number of nitrogens with zero attached hydrogens (tertiary/aromatic N) is 1. The summed E-state index contributed by atoms with van der Waals surface area (Å²) in [4.78, 5) is 4.57. The zero-order valence-corrected chi connectivity index (χ0v) is 5.09. The third-order valence-electron chi connectivity index (χ3n) is 0.591. The fraction of sp³-hybridized carbons (Fsp3) is 0. The Balaban J connectivity index is 3.12. The fourth-order valence-corrected chi connectivity index (χ4v) is 0.932. The van der Waals surface area contributed by atoms with E-state index in [-0.39, 0.29) is 0 Å². The lowest BCUT2D eigenvalue weighted by Crippen LogP contribution is -1.59. The minimum Gasteiger partial charge on any atom is -0.233 e. The number of rotatable bonds is 0. The summed E-state index contributed by atoms with van der Waals surface area (Å²) in [5.74, 6) is 0. The smallest absolute Gasteiger partial charge is 0.143 e. The van der Waals surface area contributed by atoms with Crippen LogP contribution in [0, 0.1) is 6.92 Å². The highest BCUT2D eigenvalue weighted by molar-refractivity contribution is 7.10. The minimum atomic E-state index is 0.519. The van der Waals surface area contributed by atoms with Crippen molar-refractivity contribution >= 4 is 22.9 Å². The SMILES string of the molecule is [CH2]c1scnc1Cl. The Kier molecular flexibility index (Phi) is 1.30. The van der Waals surface area contributed by atoms with Crippen LogP contribution in [0.5, 0.6) is 0 Å². The monoisotopic (exact) mass is 132 g/mol. The molecule has 0 spiro atoms. The van der Waals surface area contributed by atoms with E-state index in [0.29, 0.717) is 5.15 Å². The topological polar surface area (TPSA) is 12.9 Å². The molecule has 1 radical (unpaired) electrons. The second-order valence-corrected chi connectivity index (χ2v) is 2.36. The Hall–Kier alpha value is -0.0800. The molecule has 0 unspecified atom stereocenters. The molecule has 3 heteroatoms. The van der Waals surface area contributed by atoms with Crippen LogP contribution >= 0.6 is 22.9 Å². The molecule has 0 amide bonds. The average Bonchev–Trinajstić information content (AvgIpc) is 1.91. The molecular weight excluding hydrogens is 130 g/mol. The first-order valence-electron chi connectivity index (χ1n) is 1.71. The predicted molar refractivity (Wildman–Crippen MR) is 31.6 cm³/mol. The molecular formula is C4H3ClNS. The third-order valence-corrected chi connectivity index (χ3v) is 1.72. The molecule has 1 aromatic rings. The Morgan fingerprint density at radius 3 is 2.71 bits per heavy atom. The average molecular weight is 133 g/mol. The van der Waals surface area contributed by atoms with Gasteiger partial charge in [0.2, 0.25) is 0 Å². The normalized spacial score (nSPS) is 9.43. The standard InChI is InChI=1S/C4H3ClNS/c1-3-4(5)6-2-7-3/h2H,1H2. The molecule has 1 nitrogen and oxygen atoms in total. The first kappa shape index (κ1) is 5.06. The van der Waals surface area contributed by atoms with Crippen LogP contribution in [0.25, 0.3) is 0 Å². The summed E-state index contributed by atoms with van der Waals surface area (Å²) in [6, 6.07) is 0. The van der Waals surface area contributed by atoms with Gasteiger partial charge in [0.05, 0.1) is 5.51 Å². The second-order valence-electron chi connectivity index (χ2n) is 1.07. The molecule has 0 bridgehead atoms. The number of aromatic nitrogens is 1. The van der Waals surface area contributed by atoms with Crippen LogP contribution in [0.1, 0.15) is 4.88 Å². The zero-order chi connectivity index (χ0) is 5.28. The molecule has 1 rings (SSSR count). The molecule has 0 saturated heterocycles. The molecule has 0 aliphatic heterocycles. The number of hydrogen-bond acceptors (Lipinski definition) is 2. The van der Waals surface area contributed by atoms with Gasteiger partial charge in [0, 0.05) is 4.88 Å². The Morgan fingerprint density at radius 2 is 2.57 bits per heavy atom. The van der Waals surface area contributed by atoms with Crippen LogP contribution < -0.4 is 0 Å². The van der Waals surface area contributed by atoms with Crippen molar-refractivity contribution in [3.63, 3.8) is 0 Å². The highest BCUT2D eigenvalue weighted by Crippen LogP contribution is 2.15. The summed E-state index contributed by atoms with van der Waals surface area (Å²) in [6.45, 7) is 3.60. The van der Waals surface area contributed by atoms with Crippen molar-refractivity contribution in [2.45, 2.75) is 0 Å². The maximum absolute atomic E-state index is 5.46. The molecule has 1 heterocycles. The van der Waals surface area contributed by atoms with E-state index in [1.165, 1.54) is 11.3 Å². The molecule has 0 aromatic carbocycles. The van der Waals surface area contributed by atoms with Gasteiger partial charge in [-0.05, 0) is 6.92 Å². The van der Waals surface area contributed by atoms with Crippen molar-refractivity contribution in [2.24, 2.45) is 0 Å². The second kappa shape index (κ2) is 1.80. The number of halogens is 1. The highest BCUT2D eigenvalue weighted by Gasteiger charge is 1.92. The van der Waals surface area contributed by atoms with Crippen LogP contribution in [0.15, 0.2) is 5.51 Å². The molecule has 0 aliphatic rings. The van der Waals surface area contributed by atoms with Gasteiger partial charge in [-0.15, -0.1) is 11.3 Å². The summed E-state index contributed by atoms with van der Waals surface area (Å²) in [5.41, 5.74) is 1.67. The van der Waals surface area contributed by atoms with E-state index in [1.54, 1.807) is 5.51 Å². The summed E-state index contributed by atoms with van der Waals surface area (Å²) in [7, 11) is 0. The van der Waals surface area contributed by atoms with Crippen molar-refractivity contribution < 1.29 is 0 Å². The predicted octanol–water partition coefficient (Wildman–Crippen LogP) is 1.98. The summed E-state index contributed by atoms with van der Waals surface area (Å²) in [6.07, 6.45) is 0. The van der Waals surface area contributed by atoms with Crippen LogP contribution in [0.4, 0.5) is 0 Å². The van der Waals surface area contributed by atoms with Gasteiger partial charge in [-0.25, -0.2) is 4.98 Å². The highest BCUT2D eigenvalue weighted by atomic mass is 35.5. The first-order chi connectivity index (χ1) is 3.30. The van der Waals surface area contributed by atoms with Crippen LogP contribution in [0.2, 0.25) is 5.15 Å². The van der Waals surface area contributed by atoms with Crippen LogP contribution in [0.3, 0.4) is 0 Å².